The first-order valence-electron chi connectivity index (χ1n) is 5.95. The van der Waals surface area contributed by atoms with Gasteiger partial charge in [-0.3, -0.25) is 11.3 Å². The van der Waals surface area contributed by atoms with Gasteiger partial charge in [-0.25, -0.2) is 0 Å². The van der Waals surface area contributed by atoms with Gasteiger partial charge in [0.05, 0.1) is 7.11 Å². The number of para-hydroxylation sites is 1. The molecule has 1 aromatic rings. The zero-order chi connectivity index (χ0) is 12.7. The Labute approximate surface area is 104 Å². The molecule has 0 saturated carbocycles. The minimum atomic E-state index is 0.207. The molecule has 0 fully saturated rings. The van der Waals surface area contributed by atoms with Crippen LogP contribution in [0.25, 0.3) is 0 Å². The van der Waals surface area contributed by atoms with E-state index in [1.165, 1.54) is 11.1 Å². The van der Waals surface area contributed by atoms with Gasteiger partial charge in [0, 0.05) is 6.04 Å². The minimum Gasteiger partial charge on any atom is -0.496 e. The molecule has 1 atom stereocenters. The van der Waals surface area contributed by atoms with Gasteiger partial charge in [-0.05, 0) is 30.9 Å². The van der Waals surface area contributed by atoms with Crippen LogP contribution >= 0.6 is 0 Å². The average Bonchev–Trinajstić information content (AvgIpc) is 2.38. The number of nitrogens with two attached hydrogens (primary N) is 1. The van der Waals surface area contributed by atoms with E-state index in [4.69, 9.17) is 10.6 Å². The maximum Gasteiger partial charge on any atom is 0.122 e. The largest absolute Gasteiger partial charge is 0.496 e. The van der Waals surface area contributed by atoms with Gasteiger partial charge < -0.3 is 4.74 Å². The van der Waals surface area contributed by atoms with E-state index in [2.05, 4.69) is 25.0 Å². The zero-order valence-corrected chi connectivity index (χ0v) is 10.7. The molecule has 0 aliphatic heterocycles. The lowest BCUT2D eigenvalue weighted by molar-refractivity contribution is 0.404. The van der Waals surface area contributed by atoms with Gasteiger partial charge in [-0.2, -0.15) is 0 Å². The number of hydrogen-bond acceptors (Lipinski definition) is 3. The monoisotopic (exact) mass is 234 g/mol. The van der Waals surface area contributed by atoms with Crippen molar-refractivity contribution < 1.29 is 4.74 Å². The van der Waals surface area contributed by atoms with E-state index >= 15 is 0 Å². The maximum atomic E-state index is 5.58. The Hall–Kier alpha value is -1.32. The lowest BCUT2D eigenvalue weighted by Crippen LogP contribution is -2.37. The molecule has 94 valence electrons. The zero-order valence-electron chi connectivity index (χ0n) is 10.7. The summed E-state index contributed by atoms with van der Waals surface area (Å²) in [4.78, 5) is 0. The molecule has 3 heteroatoms. The first kappa shape index (κ1) is 13.7. The number of hydrazine groups is 1. The fourth-order valence-corrected chi connectivity index (χ4v) is 1.82. The molecule has 0 aromatic heterocycles. The van der Waals surface area contributed by atoms with Gasteiger partial charge in [-0.15, -0.1) is 0 Å². The summed E-state index contributed by atoms with van der Waals surface area (Å²) in [5.41, 5.74) is 5.23. The van der Waals surface area contributed by atoms with Gasteiger partial charge >= 0.3 is 0 Å². The quantitative estimate of drug-likeness (QED) is 0.433. The van der Waals surface area contributed by atoms with Gasteiger partial charge in [0.15, 0.2) is 0 Å². The van der Waals surface area contributed by atoms with Crippen LogP contribution in [0.2, 0.25) is 0 Å². The molecule has 3 nitrogen and oxygen atoms in total. The third-order valence-electron chi connectivity index (χ3n) is 2.93. The molecule has 0 bridgehead atoms. The fourth-order valence-electron chi connectivity index (χ4n) is 1.82. The number of methoxy groups -OCH3 is 1. The normalized spacial score (nSPS) is 12.2. The topological polar surface area (TPSA) is 47.3 Å². The van der Waals surface area contributed by atoms with Crippen molar-refractivity contribution in [3.8, 4) is 5.75 Å². The Balaban J connectivity index is 2.69. The molecule has 0 radical (unpaired) electrons. The number of benzene rings is 1. The highest BCUT2D eigenvalue weighted by Crippen LogP contribution is 2.20. The Morgan fingerprint density at radius 2 is 2.18 bits per heavy atom. The molecule has 0 aliphatic carbocycles. The van der Waals surface area contributed by atoms with Gasteiger partial charge in [-0.1, -0.05) is 37.3 Å². The summed E-state index contributed by atoms with van der Waals surface area (Å²) in [5.74, 6) is 6.50. The van der Waals surface area contributed by atoms with Crippen LogP contribution in [0.3, 0.4) is 0 Å². The number of nitrogens with one attached hydrogen (secondary N) is 1. The molecule has 0 amide bonds. The SMILES string of the molecule is C=C(CC)CC(Cc1ccccc1OC)NN. The van der Waals surface area contributed by atoms with E-state index in [1.807, 2.05) is 18.2 Å². The third-order valence-corrected chi connectivity index (χ3v) is 2.93. The summed E-state index contributed by atoms with van der Waals surface area (Å²) < 4.78 is 5.33. The lowest BCUT2D eigenvalue weighted by atomic mass is 9.98. The second-order valence-corrected chi connectivity index (χ2v) is 4.19. The highest BCUT2D eigenvalue weighted by Gasteiger charge is 2.11. The van der Waals surface area contributed by atoms with Crippen molar-refractivity contribution in [3.63, 3.8) is 0 Å². The average molecular weight is 234 g/mol. The predicted molar refractivity (Wildman–Crippen MR) is 71.9 cm³/mol. The molecule has 17 heavy (non-hydrogen) atoms. The number of ether oxygens (including phenoxy) is 1. The summed E-state index contributed by atoms with van der Waals surface area (Å²) in [5, 5.41) is 0. The van der Waals surface area contributed by atoms with Crippen LogP contribution in [0.1, 0.15) is 25.3 Å². The molecule has 1 aromatic carbocycles. The van der Waals surface area contributed by atoms with Crippen LogP contribution in [0.4, 0.5) is 0 Å². The first-order valence-corrected chi connectivity index (χ1v) is 5.95. The molecular formula is C14H22N2O. The molecule has 1 unspecified atom stereocenters. The molecule has 0 spiro atoms. The second kappa shape index (κ2) is 7.09. The van der Waals surface area contributed by atoms with Gasteiger partial charge in [0.1, 0.15) is 5.75 Å². The molecule has 0 heterocycles. The molecule has 0 aliphatic rings. The van der Waals surface area contributed by atoms with Crippen LogP contribution in [0, 0.1) is 0 Å². The van der Waals surface area contributed by atoms with E-state index < -0.39 is 0 Å². The van der Waals surface area contributed by atoms with Crippen molar-refractivity contribution in [2.45, 2.75) is 32.2 Å². The minimum absolute atomic E-state index is 0.207. The van der Waals surface area contributed by atoms with Gasteiger partial charge in [0.25, 0.3) is 0 Å². The first-order chi connectivity index (χ1) is 8.21. The summed E-state index contributed by atoms with van der Waals surface area (Å²) in [6.45, 7) is 6.13. The van der Waals surface area contributed by atoms with Crippen LogP contribution in [0.15, 0.2) is 36.4 Å². The van der Waals surface area contributed by atoms with Crippen LogP contribution < -0.4 is 16.0 Å². The van der Waals surface area contributed by atoms with Crippen molar-refractivity contribution in [1.29, 1.82) is 0 Å². The van der Waals surface area contributed by atoms with Crippen molar-refractivity contribution in [2.75, 3.05) is 7.11 Å². The van der Waals surface area contributed by atoms with Crippen molar-refractivity contribution >= 4 is 0 Å². The summed E-state index contributed by atoms with van der Waals surface area (Å²) in [6.07, 6.45) is 2.73. The van der Waals surface area contributed by atoms with E-state index in [9.17, 15) is 0 Å². The summed E-state index contributed by atoms with van der Waals surface area (Å²) in [6, 6.07) is 8.23. The Kier molecular flexibility index (Phi) is 5.73. The van der Waals surface area contributed by atoms with E-state index in [-0.39, 0.29) is 6.04 Å². The second-order valence-electron chi connectivity index (χ2n) is 4.19. The Bertz CT molecular complexity index is 363. The number of hydrogen-bond donors (Lipinski definition) is 2. The molecule has 1 rings (SSSR count). The fraction of sp³-hybridized carbons (Fsp3) is 0.429. The molecular weight excluding hydrogens is 212 g/mol. The van der Waals surface area contributed by atoms with Crippen LogP contribution in [-0.4, -0.2) is 13.2 Å². The van der Waals surface area contributed by atoms with E-state index in [0.717, 1.165) is 25.0 Å². The molecule has 0 saturated heterocycles. The van der Waals surface area contributed by atoms with E-state index in [1.54, 1.807) is 7.11 Å². The lowest BCUT2D eigenvalue weighted by Gasteiger charge is -2.18. The van der Waals surface area contributed by atoms with Crippen molar-refractivity contribution in [2.24, 2.45) is 5.84 Å². The highest BCUT2D eigenvalue weighted by atomic mass is 16.5. The van der Waals surface area contributed by atoms with E-state index in [0.29, 0.717) is 0 Å². The number of rotatable bonds is 7. The van der Waals surface area contributed by atoms with Crippen molar-refractivity contribution in [3.05, 3.63) is 42.0 Å². The summed E-state index contributed by atoms with van der Waals surface area (Å²) in [7, 11) is 1.69. The van der Waals surface area contributed by atoms with Crippen LogP contribution in [-0.2, 0) is 6.42 Å². The highest BCUT2D eigenvalue weighted by molar-refractivity contribution is 5.34. The Morgan fingerprint density at radius 1 is 1.47 bits per heavy atom. The smallest absolute Gasteiger partial charge is 0.122 e. The van der Waals surface area contributed by atoms with Crippen molar-refractivity contribution in [1.82, 2.24) is 5.43 Å². The van der Waals surface area contributed by atoms with Gasteiger partial charge in [0.2, 0.25) is 0 Å². The Morgan fingerprint density at radius 3 is 2.76 bits per heavy atom. The maximum absolute atomic E-state index is 5.58. The standard InChI is InChI=1S/C14H22N2O/c1-4-11(2)9-13(16-15)10-12-7-5-6-8-14(12)17-3/h5-8,13,16H,2,4,9-10,15H2,1,3H3. The van der Waals surface area contributed by atoms with Crippen LogP contribution in [0.5, 0.6) is 5.75 Å². The third kappa shape index (κ3) is 4.21. The predicted octanol–water partition coefficient (Wildman–Crippen LogP) is 2.43. The summed E-state index contributed by atoms with van der Waals surface area (Å²) >= 11 is 0. The molecule has 3 N–H and O–H groups in total.